The van der Waals surface area contributed by atoms with Crippen molar-refractivity contribution in [2.75, 3.05) is 5.32 Å². The van der Waals surface area contributed by atoms with Gasteiger partial charge in [0, 0.05) is 11.9 Å². The number of rotatable bonds is 3. The number of benzene rings is 1. The van der Waals surface area contributed by atoms with E-state index in [4.69, 9.17) is 5.26 Å². The zero-order chi connectivity index (χ0) is 12.1. The summed E-state index contributed by atoms with van der Waals surface area (Å²) >= 11 is 0. The number of aromatic amines is 1. The van der Waals surface area contributed by atoms with Crippen molar-refractivity contribution >= 4 is 11.6 Å². The van der Waals surface area contributed by atoms with Crippen molar-refractivity contribution in [1.82, 2.24) is 10.2 Å². The summed E-state index contributed by atoms with van der Waals surface area (Å²) in [5, 5.41) is 17.7. The summed E-state index contributed by atoms with van der Waals surface area (Å²) in [6.45, 7) is 0. The highest BCUT2D eigenvalue weighted by Crippen LogP contribution is 2.18. The molecule has 0 fully saturated rings. The molecule has 1 heterocycles. The van der Waals surface area contributed by atoms with E-state index < -0.39 is 0 Å². The van der Waals surface area contributed by atoms with E-state index in [1.807, 2.05) is 18.2 Å². The molecule has 1 aromatic heterocycles. The molecule has 0 aliphatic heterocycles. The number of anilines is 1. The molecule has 0 aliphatic rings. The maximum absolute atomic E-state index is 11.2. The average Bonchev–Trinajstić information content (AvgIpc) is 2.84. The molecule has 0 radical (unpaired) electrons. The van der Waals surface area contributed by atoms with E-state index in [1.165, 1.54) is 0 Å². The number of amides is 1. The van der Waals surface area contributed by atoms with Crippen molar-refractivity contribution in [2.24, 2.45) is 0 Å². The summed E-state index contributed by atoms with van der Waals surface area (Å²) in [5.41, 5.74) is 2.58. The van der Waals surface area contributed by atoms with E-state index in [0.29, 0.717) is 5.69 Å². The van der Waals surface area contributed by atoms with Gasteiger partial charge >= 0.3 is 0 Å². The molecule has 2 rings (SSSR count). The van der Waals surface area contributed by atoms with Crippen molar-refractivity contribution in [3.05, 3.63) is 36.5 Å². The molecular formula is C12H10N4O. The molecule has 84 valence electrons. The Morgan fingerprint density at radius 1 is 1.35 bits per heavy atom. The van der Waals surface area contributed by atoms with Gasteiger partial charge in [0.05, 0.1) is 11.8 Å². The van der Waals surface area contributed by atoms with Crippen LogP contribution >= 0.6 is 0 Å². The van der Waals surface area contributed by atoms with Crippen LogP contribution in [0.5, 0.6) is 0 Å². The van der Waals surface area contributed by atoms with Crippen LogP contribution in [0.2, 0.25) is 0 Å². The smallest absolute Gasteiger partial charge is 0.238 e. The average molecular weight is 226 g/mol. The molecule has 5 heteroatoms. The van der Waals surface area contributed by atoms with Gasteiger partial charge in [-0.3, -0.25) is 9.89 Å². The monoisotopic (exact) mass is 226 g/mol. The molecule has 5 nitrogen and oxygen atoms in total. The predicted octanol–water partition coefficient (Wildman–Crippen LogP) is 1.93. The van der Waals surface area contributed by atoms with E-state index in [-0.39, 0.29) is 12.3 Å². The number of hydrogen-bond donors (Lipinski definition) is 2. The molecule has 1 aromatic carbocycles. The fourth-order valence-corrected chi connectivity index (χ4v) is 1.43. The number of hydrogen-bond acceptors (Lipinski definition) is 3. The van der Waals surface area contributed by atoms with Crippen LogP contribution in [0.25, 0.3) is 11.3 Å². The van der Waals surface area contributed by atoms with E-state index in [2.05, 4.69) is 15.5 Å². The maximum Gasteiger partial charge on any atom is 0.238 e. The Hall–Kier alpha value is -2.61. The number of H-pyrrole nitrogens is 1. The number of nitrogens with zero attached hydrogens (tertiary/aromatic N) is 2. The quantitative estimate of drug-likeness (QED) is 0.838. The Labute approximate surface area is 98.1 Å². The summed E-state index contributed by atoms with van der Waals surface area (Å²) in [6.07, 6.45) is 1.54. The lowest BCUT2D eigenvalue weighted by molar-refractivity contribution is -0.115. The minimum Gasteiger partial charge on any atom is -0.325 e. The lowest BCUT2D eigenvalue weighted by Gasteiger charge is -2.03. The summed E-state index contributed by atoms with van der Waals surface area (Å²) in [7, 11) is 0. The second-order valence-electron chi connectivity index (χ2n) is 3.43. The predicted molar refractivity (Wildman–Crippen MR) is 62.9 cm³/mol. The number of nitrogens with one attached hydrogen (secondary N) is 2. The summed E-state index contributed by atoms with van der Waals surface area (Å²) in [4.78, 5) is 11.2. The lowest BCUT2D eigenvalue weighted by atomic mass is 10.1. The van der Waals surface area contributed by atoms with Gasteiger partial charge in [0.15, 0.2) is 0 Å². The van der Waals surface area contributed by atoms with Crippen LogP contribution in [0.3, 0.4) is 0 Å². The molecular weight excluding hydrogens is 216 g/mol. The Balaban J connectivity index is 2.09. The lowest BCUT2D eigenvalue weighted by Crippen LogP contribution is -2.09. The van der Waals surface area contributed by atoms with Crippen LogP contribution in [0, 0.1) is 11.3 Å². The largest absolute Gasteiger partial charge is 0.325 e. The minimum atomic E-state index is -0.304. The van der Waals surface area contributed by atoms with Crippen LogP contribution in [0.4, 0.5) is 5.69 Å². The summed E-state index contributed by atoms with van der Waals surface area (Å²) < 4.78 is 0. The first-order chi connectivity index (χ1) is 8.29. The van der Waals surface area contributed by atoms with Crippen molar-refractivity contribution < 1.29 is 4.79 Å². The summed E-state index contributed by atoms with van der Waals surface area (Å²) in [5.74, 6) is -0.304. The van der Waals surface area contributed by atoms with E-state index in [9.17, 15) is 4.79 Å². The second kappa shape index (κ2) is 4.94. The standard InChI is InChI=1S/C12H10N4O/c13-7-5-12(17)15-10-3-1-9(2-4-10)11-6-8-14-16-11/h1-4,6,8H,5H2,(H,14,16)(H,15,17). The van der Waals surface area contributed by atoms with Gasteiger partial charge in [0.25, 0.3) is 0 Å². The molecule has 0 saturated carbocycles. The van der Waals surface area contributed by atoms with Gasteiger partial charge in [0.1, 0.15) is 6.42 Å². The first-order valence-electron chi connectivity index (χ1n) is 5.06. The Bertz CT molecular complexity index is 537. The highest BCUT2D eigenvalue weighted by Gasteiger charge is 2.02. The van der Waals surface area contributed by atoms with E-state index in [0.717, 1.165) is 11.3 Å². The van der Waals surface area contributed by atoms with Gasteiger partial charge in [-0.25, -0.2) is 0 Å². The highest BCUT2D eigenvalue weighted by atomic mass is 16.1. The van der Waals surface area contributed by atoms with Gasteiger partial charge in [0.2, 0.25) is 5.91 Å². The fourth-order valence-electron chi connectivity index (χ4n) is 1.43. The van der Waals surface area contributed by atoms with Crippen LogP contribution < -0.4 is 5.32 Å². The Kier molecular flexibility index (Phi) is 3.17. The third-order valence-corrected chi connectivity index (χ3v) is 2.22. The van der Waals surface area contributed by atoms with Crippen LogP contribution in [0.1, 0.15) is 6.42 Å². The molecule has 0 aliphatic carbocycles. The van der Waals surface area contributed by atoms with Gasteiger partial charge in [-0.2, -0.15) is 10.4 Å². The Morgan fingerprint density at radius 2 is 2.12 bits per heavy atom. The SMILES string of the molecule is N#CCC(=O)Nc1ccc(-c2ccn[nH]2)cc1. The minimum absolute atomic E-state index is 0.137. The van der Waals surface area contributed by atoms with Crippen molar-refractivity contribution in [2.45, 2.75) is 6.42 Å². The molecule has 0 atom stereocenters. The van der Waals surface area contributed by atoms with Crippen LogP contribution in [-0.2, 0) is 4.79 Å². The highest BCUT2D eigenvalue weighted by molar-refractivity contribution is 5.92. The van der Waals surface area contributed by atoms with Gasteiger partial charge in [-0.15, -0.1) is 0 Å². The number of carbonyl (C=O) groups is 1. The van der Waals surface area contributed by atoms with E-state index in [1.54, 1.807) is 24.4 Å². The van der Waals surface area contributed by atoms with Crippen molar-refractivity contribution in [3.63, 3.8) is 0 Å². The van der Waals surface area contributed by atoms with Gasteiger partial charge in [-0.1, -0.05) is 12.1 Å². The normalized spacial score (nSPS) is 9.59. The van der Waals surface area contributed by atoms with Crippen LogP contribution in [0.15, 0.2) is 36.5 Å². The van der Waals surface area contributed by atoms with Crippen molar-refractivity contribution in [3.8, 4) is 17.3 Å². The van der Waals surface area contributed by atoms with E-state index >= 15 is 0 Å². The molecule has 2 aromatic rings. The van der Waals surface area contributed by atoms with Crippen LogP contribution in [-0.4, -0.2) is 16.1 Å². The number of aromatic nitrogens is 2. The topological polar surface area (TPSA) is 81.6 Å². The molecule has 0 spiro atoms. The maximum atomic E-state index is 11.2. The molecule has 0 saturated heterocycles. The molecule has 17 heavy (non-hydrogen) atoms. The fraction of sp³-hybridized carbons (Fsp3) is 0.0833. The molecule has 0 bridgehead atoms. The first-order valence-corrected chi connectivity index (χ1v) is 5.06. The van der Waals surface area contributed by atoms with Gasteiger partial charge in [-0.05, 0) is 23.8 Å². The third kappa shape index (κ3) is 2.69. The molecule has 0 unspecified atom stereocenters. The van der Waals surface area contributed by atoms with Crippen molar-refractivity contribution in [1.29, 1.82) is 5.26 Å². The Morgan fingerprint density at radius 3 is 2.71 bits per heavy atom. The zero-order valence-electron chi connectivity index (χ0n) is 8.97. The first kappa shape index (κ1) is 10.9. The zero-order valence-corrected chi connectivity index (χ0v) is 8.97. The number of carbonyl (C=O) groups excluding carboxylic acids is 1. The second-order valence-corrected chi connectivity index (χ2v) is 3.43. The van der Waals surface area contributed by atoms with Gasteiger partial charge < -0.3 is 5.32 Å². The molecule has 2 N–H and O–H groups in total. The molecule has 1 amide bonds. The third-order valence-electron chi connectivity index (χ3n) is 2.22. The number of nitriles is 1. The summed E-state index contributed by atoms with van der Waals surface area (Å²) in [6, 6.07) is 11.0.